The Hall–Kier alpha value is -1.63. The van der Waals surface area contributed by atoms with Crippen molar-refractivity contribution in [3.05, 3.63) is 29.3 Å². The number of nitrogens with one attached hydrogen (secondary N) is 2. The summed E-state index contributed by atoms with van der Waals surface area (Å²) < 4.78 is 5.29. The van der Waals surface area contributed by atoms with Crippen LogP contribution in [0, 0.1) is 18.8 Å². The number of amides is 2. The van der Waals surface area contributed by atoms with Gasteiger partial charge in [0.05, 0.1) is 13.2 Å². The van der Waals surface area contributed by atoms with Gasteiger partial charge < -0.3 is 20.3 Å². The monoisotopic (exact) mass is 367 g/mol. The molecule has 0 aliphatic carbocycles. The lowest BCUT2D eigenvalue weighted by atomic mass is 9.88. The summed E-state index contributed by atoms with van der Waals surface area (Å²) in [5.41, 5.74) is 2.29. The summed E-state index contributed by atoms with van der Waals surface area (Å²) in [6.07, 6.45) is 0. The Morgan fingerprint density at radius 1 is 1.28 bits per heavy atom. The van der Waals surface area contributed by atoms with E-state index in [1.165, 1.54) is 0 Å². The molecular formula is C18H26ClN3O3. The minimum Gasteiger partial charge on any atom is -0.378 e. The van der Waals surface area contributed by atoms with E-state index < -0.39 is 0 Å². The molecule has 1 aromatic carbocycles. The molecule has 1 unspecified atom stereocenters. The van der Waals surface area contributed by atoms with Crippen molar-refractivity contribution >= 4 is 29.9 Å². The van der Waals surface area contributed by atoms with E-state index in [0.717, 1.165) is 24.3 Å². The van der Waals surface area contributed by atoms with Gasteiger partial charge >= 0.3 is 0 Å². The second kappa shape index (κ2) is 8.65. The van der Waals surface area contributed by atoms with E-state index in [9.17, 15) is 9.59 Å². The number of halogens is 1. The highest BCUT2D eigenvalue weighted by Crippen LogP contribution is 2.22. The smallest absolute Gasteiger partial charge is 0.254 e. The Balaban J connectivity index is 0.00000225. The van der Waals surface area contributed by atoms with Crippen LogP contribution in [-0.2, 0) is 9.53 Å². The van der Waals surface area contributed by atoms with E-state index in [1.54, 1.807) is 11.0 Å². The molecule has 0 saturated carbocycles. The maximum absolute atomic E-state index is 12.6. The summed E-state index contributed by atoms with van der Waals surface area (Å²) in [6.45, 7) is 8.06. The lowest BCUT2D eigenvalue weighted by Crippen LogP contribution is -2.48. The van der Waals surface area contributed by atoms with E-state index in [0.29, 0.717) is 37.8 Å². The number of anilines is 1. The molecule has 0 radical (unpaired) electrons. The first-order valence-electron chi connectivity index (χ1n) is 8.55. The number of aryl methyl sites for hydroxylation is 1. The lowest BCUT2D eigenvalue weighted by molar-refractivity contribution is -0.121. The maximum Gasteiger partial charge on any atom is 0.254 e. The molecule has 3 rings (SSSR count). The number of rotatable bonds is 4. The van der Waals surface area contributed by atoms with Gasteiger partial charge in [0.25, 0.3) is 5.91 Å². The van der Waals surface area contributed by atoms with E-state index in [1.807, 2.05) is 26.0 Å². The third-order valence-electron chi connectivity index (χ3n) is 4.97. The zero-order valence-corrected chi connectivity index (χ0v) is 15.5. The number of benzene rings is 1. The van der Waals surface area contributed by atoms with Crippen LogP contribution in [0.5, 0.6) is 0 Å². The van der Waals surface area contributed by atoms with Gasteiger partial charge in [0.1, 0.15) is 0 Å². The van der Waals surface area contributed by atoms with Crippen LogP contribution in [0.15, 0.2) is 18.2 Å². The van der Waals surface area contributed by atoms with Crippen molar-refractivity contribution in [1.29, 1.82) is 0 Å². The number of carbonyl (C=O) groups excluding carboxylic acids is 2. The Bertz CT molecular complexity index is 628. The molecule has 2 heterocycles. The average Bonchev–Trinajstić information content (AvgIpc) is 2.55. The molecule has 2 saturated heterocycles. The van der Waals surface area contributed by atoms with Crippen molar-refractivity contribution < 1.29 is 14.3 Å². The number of nitrogens with zero attached hydrogens (tertiary/aromatic N) is 1. The zero-order valence-electron chi connectivity index (χ0n) is 14.7. The minimum absolute atomic E-state index is 0. The van der Waals surface area contributed by atoms with Gasteiger partial charge in [-0.2, -0.15) is 0 Å². The molecule has 2 aliphatic rings. The van der Waals surface area contributed by atoms with Crippen molar-refractivity contribution in [1.82, 2.24) is 10.2 Å². The molecule has 0 spiro atoms. The van der Waals surface area contributed by atoms with E-state index in [-0.39, 0.29) is 30.1 Å². The number of morpholine rings is 1. The molecule has 0 bridgehead atoms. The second-order valence-electron chi connectivity index (χ2n) is 6.63. The Morgan fingerprint density at radius 3 is 2.56 bits per heavy atom. The first kappa shape index (κ1) is 19.7. The molecule has 25 heavy (non-hydrogen) atoms. The molecule has 6 nitrogen and oxygen atoms in total. The molecule has 1 atom stereocenters. The Morgan fingerprint density at radius 2 is 1.96 bits per heavy atom. The SMILES string of the molecule is Cc1ccc(C(=O)N2CCOCC2)cc1NC(=O)C(C)C1CNC1.Cl. The minimum atomic E-state index is -0.0377. The topological polar surface area (TPSA) is 70.7 Å². The van der Waals surface area contributed by atoms with Crippen molar-refractivity contribution in [3.8, 4) is 0 Å². The fraction of sp³-hybridized carbons (Fsp3) is 0.556. The van der Waals surface area contributed by atoms with Crippen LogP contribution in [0.1, 0.15) is 22.8 Å². The number of ether oxygens (including phenoxy) is 1. The summed E-state index contributed by atoms with van der Waals surface area (Å²) in [7, 11) is 0. The first-order valence-corrected chi connectivity index (χ1v) is 8.55. The summed E-state index contributed by atoms with van der Waals surface area (Å²) >= 11 is 0. The molecule has 7 heteroatoms. The summed E-state index contributed by atoms with van der Waals surface area (Å²) in [6, 6.07) is 5.50. The summed E-state index contributed by atoms with van der Waals surface area (Å²) in [5, 5.41) is 6.19. The summed E-state index contributed by atoms with van der Waals surface area (Å²) in [4.78, 5) is 26.8. The third kappa shape index (κ3) is 4.51. The van der Waals surface area contributed by atoms with Gasteiger partial charge in [0.2, 0.25) is 5.91 Å². The molecule has 2 amide bonds. The number of carbonyl (C=O) groups is 2. The van der Waals surface area contributed by atoms with Gasteiger partial charge in [0.15, 0.2) is 0 Å². The number of hydrogen-bond acceptors (Lipinski definition) is 4. The largest absolute Gasteiger partial charge is 0.378 e. The third-order valence-corrected chi connectivity index (χ3v) is 4.97. The molecule has 2 N–H and O–H groups in total. The standard InChI is InChI=1S/C18H25N3O3.ClH/c1-12-3-4-14(18(23)21-5-7-24-8-6-21)9-16(12)20-17(22)13(2)15-10-19-11-15;/h3-4,9,13,15,19H,5-8,10-11H2,1-2H3,(H,20,22);1H. The molecular weight excluding hydrogens is 342 g/mol. The predicted molar refractivity (Wildman–Crippen MR) is 99.3 cm³/mol. The van der Waals surface area contributed by atoms with E-state index in [4.69, 9.17) is 4.74 Å². The van der Waals surface area contributed by atoms with Crippen molar-refractivity contribution in [2.75, 3.05) is 44.7 Å². The van der Waals surface area contributed by atoms with Gasteiger partial charge in [-0.15, -0.1) is 12.4 Å². The van der Waals surface area contributed by atoms with Gasteiger partial charge in [-0.1, -0.05) is 13.0 Å². The lowest BCUT2D eigenvalue weighted by Gasteiger charge is -2.32. The molecule has 1 aromatic rings. The Kier molecular flexibility index (Phi) is 6.81. The van der Waals surface area contributed by atoms with Gasteiger partial charge in [-0.05, 0) is 43.6 Å². The first-order chi connectivity index (χ1) is 11.6. The molecule has 2 fully saturated rings. The molecule has 138 valence electrons. The van der Waals surface area contributed by atoms with Crippen molar-refractivity contribution in [2.45, 2.75) is 13.8 Å². The predicted octanol–water partition coefficient (Wildman–Crippen LogP) is 1.68. The highest BCUT2D eigenvalue weighted by atomic mass is 35.5. The maximum atomic E-state index is 12.6. The van der Waals surface area contributed by atoms with Gasteiger partial charge in [-0.25, -0.2) is 0 Å². The van der Waals surface area contributed by atoms with Gasteiger partial charge in [0, 0.05) is 30.3 Å². The Labute approximate surface area is 154 Å². The second-order valence-corrected chi connectivity index (χ2v) is 6.63. The van der Waals surface area contributed by atoms with Crippen molar-refractivity contribution in [2.24, 2.45) is 11.8 Å². The fourth-order valence-corrected chi connectivity index (χ4v) is 2.96. The molecule has 0 aromatic heterocycles. The van der Waals surface area contributed by atoms with E-state index in [2.05, 4.69) is 10.6 Å². The highest BCUT2D eigenvalue weighted by Gasteiger charge is 2.29. The normalized spacial score (nSPS) is 18.7. The van der Waals surface area contributed by atoms with Gasteiger partial charge in [-0.3, -0.25) is 9.59 Å². The van der Waals surface area contributed by atoms with Crippen LogP contribution < -0.4 is 10.6 Å². The summed E-state index contributed by atoms with van der Waals surface area (Å²) in [5.74, 6) is 0.360. The van der Waals surface area contributed by atoms with Crippen LogP contribution in [-0.4, -0.2) is 56.1 Å². The van der Waals surface area contributed by atoms with Crippen molar-refractivity contribution in [3.63, 3.8) is 0 Å². The van der Waals surface area contributed by atoms with Crippen LogP contribution in [0.4, 0.5) is 5.69 Å². The average molecular weight is 368 g/mol. The van der Waals surface area contributed by atoms with Crippen LogP contribution in [0.25, 0.3) is 0 Å². The van der Waals surface area contributed by atoms with Crippen LogP contribution >= 0.6 is 12.4 Å². The van der Waals surface area contributed by atoms with Crippen LogP contribution in [0.3, 0.4) is 0 Å². The highest BCUT2D eigenvalue weighted by molar-refractivity contribution is 5.98. The number of hydrogen-bond donors (Lipinski definition) is 2. The molecule has 2 aliphatic heterocycles. The quantitative estimate of drug-likeness (QED) is 0.849. The fourth-order valence-electron chi connectivity index (χ4n) is 2.96. The van der Waals surface area contributed by atoms with E-state index >= 15 is 0 Å². The zero-order chi connectivity index (χ0) is 17.1. The van der Waals surface area contributed by atoms with Crippen LogP contribution in [0.2, 0.25) is 0 Å².